The van der Waals surface area contributed by atoms with Crippen LogP contribution in [0.25, 0.3) is 11.1 Å². The van der Waals surface area contributed by atoms with Gasteiger partial charge in [-0.2, -0.15) is 0 Å². The molecule has 2 atom stereocenters. The van der Waals surface area contributed by atoms with E-state index in [1.54, 1.807) is 18.5 Å². The van der Waals surface area contributed by atoms with E-state index in [0.29, 0.717) is 19.4 Å². The summed E-state index contributed by atoms with van der Waals surface area (Å²) in [5, 5.41) is 0. The van der Waals surface area contributed by atoms with E-state index in [1.807, 2.05) is 29.2 Å². The Kier molecular flexibility index (Phi) is 4.93. The number of ketones is 1. The van der Waals surface area contributed by atoms with Crippen molar-refractivity contribution in [2.45, 2.75) is 43.7 Å². The summed E-state index contributed by atoms with van der Waals surface area (Å²) in [5.74, 6) is 0.173. The van der Waals surface area contributed by atoms with E-state index in [1.165, 1.54) is 22.3 Å². The molecule has 3 aliphatic rings. The molecule has 6 rings (SSSR count). The number of piperidine rings is 1. The Labute approximate surface area is 192 Å². The van der Waals surface area contributed by atoms with Crippen LogP contribution in [0.2, 0.25) is 0 Å². The maximum absolute atomic E-state index is 13.2. The monoisotopic (exact) mass is 439 g/mol. The minimum Gasteiger partial charge on any atom is -0.448 e. The number of benzene rings is 2. The van der Waals surface area contributed by atoms with Crippen LogP contribution in [0.5, 0.6) is 0 Å². The van der Waals surface area contributed by atoms with Crippen molar-refractivity contribution in [2.75, 3.05) is 6.61 Å². The quantitative estimate of drug-likeness (QED) is 0.544. The van der Waals surface area contributed by atoms with Crippen molar-refractivity contribution in [3.05, 3.63) is 83.9 Å². The summed E-state index contributed by atoms with van der Waals surface area (Å²) in [4.78, 5) is 36.2. The number of carbonyl (C=O) groups excluding carboxylic acids is 2. The van der Waals surface area contributed by atoms with Gasteiger partial charge in [-0.15, -0.1) is 0 Å². The minimum atomic E-state index is -0.258. The van der Waals surface area contributed by atoms with Crippen molar-refractivity contribution in [1.82, 2.24) is 14.9 Å². The Morgan fingerprint density at radius 2 is 1.42 bits per heavy atom. The standard InChI is InChI=1S/C27H25N3O3/c31-25(26-28-12-5-13-29-26)17-14-18-10-11-19(15-17)30(18)27(32)33-16-24-22-8-3-1-6-20(22)21-7-2-4-9-23(21)24/h1-9,12-13,17-19,24H,10-11,14-16H2. The molecule has 6 nitrogen and oxygen atoms in total. The van der Waals surface area contributed by atoms with Crippen LogP contribution < -0.4 is 0 Å². The Bertz CT molecular complexity index is 1150. The largest absolute Gasteiger partial charge is 0.448 e. The molecule has 3 aromatic rings. The summed E-state index contributed by atoms with van der Waals surface area (Å²) < 4.78 is 5.92. The first-order chi connectivity index (χ1) is 16.2. The highest BCUT2D eigenvalue weighted by molar-refractivity contribution is 5.94. The first kappa shape index (κ1) is 20.1. The van der Waals surface area contributed by atoms with Crippen molar-refractivity contribution in [1.29, 1.82) is 0 Å². The van der Waals surface area contributed by atoms with Crippen molar-refractivity contribution in [2.24, 2.45) is 5.92 Å². The molecule has 0 spiro atoms. The van der Waals surface area contributed by atoms with Gasteiger partial charge in [0.05, 0.1) is 0 Å². The van der Waals surface area contributed by atoms with Gasteiger partial charge in [-0.05, 0) is 54.0 Å². The molecule has 2 aliphatic heterocycles. The van der Waals surface area contributed by atoms with Gasteiger partial charge in [0.1, 0.15) is 6.61 Å². The second kappa shape index (κ2) is 8.10. The lowest BCUT2D eigenvalue weighted by atomic mass is 9.87. The molecule has 33 heavy (non-hydrogen) atoms. The molecule has 1 aliphatic carbocycles. The lowest BCUT2D eigenvalue weighted by molar-refractivity contribution is 0.0502. The average molecular weight is 440 g/mol. The van der Waals surface area contributed by atoms with Crippen molar-refractivity contribution in [3.63, 3.8) is 0 Å². The Morgan fingerprint density at radius 1 is 0.848 bits per heavy atom. The van der Waals surface area contributed by atoms with Gasteiger partial charge in [0.15, 0.2) is 5.82 Å². The summed E-state index contributed by atoms with van der Waals surface area (Å²) in [6.45, 7) is 0.322. The van der Waals surface area contributed by atoms with E-state index < -0.39 is 0 Å². The predicted octanol–water partition coefficient (Wildman–Crippen LogP) is 4.85. The number of aromatic nitrogens is 2. The number of hydrogen-bond donors (Lipinski definition) is 0. The molecular formula is C27H25N3O3. The highest BCUT2D eigenvalue weighted by Crippen LogP contribution is 2.45. The number of Topliss-reactive ketones (excluding diaryl/α,β-unsaturated/α-hetero) is 1. The van der Waals surface area contributed by atoms with E-state index >= 15 is 0 Å². The second-order valence-corrected chi connectivity index (χ2v) is 9.20. The molecule has 1 amide bonds. The summed E-state index contributed by atoms with van der Waals surface area (Å²) in [6.07, 6.45) is 6.06. The van der Waals surface area contributed by atoms with Crippen LogP contribution in [-0.2, 0) is 4.74 Å². The number of fused-ring (bicyclic) bond motifs is 5. The van der Waals surface area contributed by atoms with E-state index in [4.69, 9.17) is 4.74 Å². The fraction of sp³-hybridized carbons (Fsp3) is 0.333. The van der Waals surface area contributed by atoms with E-state index in [-0.39, 0.29) is 41.6 Å². The molecule has 2 fully saturated rings. The predicted molar refractivity (Wildman–Crippen MR) is 123 cm³/mol. The number of ether oxygens (including phenoxy) is 1. The van der Waals surface area contributed by atoms with E-state index in [0.717, 1.165) is 12.8 Å². The van der Waals surface area contributed by atoms with Crippen LogP contribution in [0.4, 0.5) is 4.79 Å². The highest BCUT2D eigenvalue weighted by atomic mass is 16.6. The van der Waals surface area contributed by atoms with Gasteiger partial charge in [0, 0.05) is 36.3 Å². The molecule has 2 saturated heterocycles. The third-order valence-corrected chi connectivity index (χ3v) is 7.44. The summed E-state index contributed by atoms with van der Waals surface area (Å²) in [6, 6.07) is 18.5. The summed E-state index contributed by atoms with van der Waals surface area (Å²) in [5.41, 5.74) is 4.86. The lowest BCUT2D eigenvalue weighted by Crippen LogP contribution is -2.48. The van der Waals surface area contributed by atoms with Gasteiger partial charge >= 0.3 is 6.09 Å². The molecule has 0 saturated carbocycles. The first-order valence-electron chi connectivity index (χ1n) is 11.6. The van der Waals surface area contributed by atoms with Gasteiger partial charge < -0.3 is 9.64 Å². The molecule has 0 N–H and O–H groups in total. The molecule has 1 aromatic heterocycles. The van der Waals surface area contributed by atoms with Crippen LogP contribution in [0.1, 0.15) is 53.3 Å². The van der Waals surface area contributed by atoms with Gasteiger partial charge in [-0.1, -0.05) is 48.5 Å². The number of nitrogens with zero attached hydrogens (tertiary/aromatic N) is 3. The van der Waals surface area contributed by atoms with Gasteiger partial charge in [0.2, 0.25) is 5.78 Å². The minimum absolute atomic E-state index is 0.0142. The third kappa shape index (κ3) is 3.41. The topological polar surface area (TPSA) is 72.4 Å². The van der Waals surface area contributed by atoms with Crippen LogP contribution in [0.3, 0.4) is 0 Å². The average Bonchev–Trinajstić information content (AvgIpc) is 3.33. The van der Waals surface area contributed by atoms with Crippen LogP contribution in [-0.4, -0.2) is 45.4 Å². The molecule has 2 aromatic carbocycles. The van der Waals surface area contributed by atoms with E-state index in [2.05, 4.69) is 34.2 Å². The number of hydrogen-bond acceptors (Lipinski definition) is 5. The molecule has 6 heteroatoms. The molecule has 2 unspecified atom stereocenters. The molecule has 166 valence electrons. The maximum Gasteiger partial charge on any atom is 0.410 e. The lowest BCUT2D eigenvalue weighted by Gasteiger charge is -2.37. The zero-order chi connectivity index (χ0) is 22.4. The first-order valence-corrected chi connectivity index (χ1v) is 11.6. The molecule has 2 bridgehead atoms. The van der Waals surface area contributed by atoms with Gasteiger partial charge in [-0.3, -0.25) is 4.79 Å². The summed E-state index contributed by atoms with van der Waals surface area (Å²) >= 11 is 0. The zero-order valence-electron chi connectivity index (χ0n) is 18.3. The van der Waals surface area contributed by atoms with Crippen molar-refractivity contribution >= 4 is 11.9 Å². The zero-order valence-corrected chi connectivity index (χ0v) is 18.3. The fourth-order valence-corrected chi connectivity index (χ4v) is 5.97. The number of carbonyl (C=O) groups is 2. The molecule has 0 radical (unpaired) electrons. The van der Waals surface area contributed by atoms with Crippen molar-refractivity contribution < 1.29 is 14.3 Å². The van der Waals surface area contributed by atoms with Gasteiger partial charge in [0.25, 0.3) is 0 Å². The van der Waals surface area contributed by atoms with Gasteiger partial charge in [-0.25, -0.2) is 14.8 Å². The Morgan fingerprint density at radius 3 is 2.03 bits per heavy atom. The fourth-order valence-electron chi connectivity index (χ4n) is 5.97. The van der Waals surface area contributed by atoms with E-state index in [9.17, 15) is 9.59 Å². The highest BCUT2D eigenvalue weighted by Gasteiger charge is 2.46. The molecule has 3 heterocycles. The Balaban J connectivity index is 1.15. The summed E-state index contributed by atoms with van der Waals surface area (Å²) in [7, 11) is 0. The SMILES string of the molecule is O=C(c1ncccn1)C1CC2CCC(C1)N2C(=O)OCC1c2ccccc2-c2ccccc21. The molecular weight excluding hydrogens is 414 g/mol. The number of rotatable bonds is 4. The van der Waals surface area contributed by atoms with Crippen LogP contribution >= 0.6 is 0 Å². The van der Waals surface area contributed by atoms with Crippen molar-refractivity contribution in [3.8, 4) is 11.1 Å². The normalized spacial score (nSPS) is 23.2. The smallest absolute Gasteiger partial charge is 0.410 e. The maximum atomic E-state index is 13.2. The number of amides is 1. The van der Waals surface area contributed by atoms with Crippen LogP contribution in [0.15, 0.2) is 67.0 Å². The Hall–Kier alpha value is -3.54. The van der Waals surface area contributed by atoms with Crippen LogP contribution in [0, 0.1) is 5.92 Å². The second-order valence-electron chi connectivity index (χ2n) is 9.20. The third-order valence-electron chi connectivity index (χ3n) is 7.44.